The summed E-state index contributed by atoms with van der Waals surface area (Å²) in [6.07, 6.45) is 9.41. The van der Waals surface area contributed by atoms with E-state index < -0.39 is 0 Å². The first-order valence-electron chi connectivity index (χ1n) is 6.70. The maximum Gasteiger partial charge on any atom is 0.345 e. The molecular formula is C13H20N4O2. The summed E-state index contributed by atoms with van der Waals surface area (Å²) in [6, 6.07) is 0. The van der Waals surface area contributed by atoms with Gasteiger partial charge in [-0.1, -0.05) is 11.6 Å². The normalized spacial score (nSPS) is 15.1. The number of carbonyl (C=O) groups is 1. The number of amides is 1. The van der Waals surface area contributed by atoms with Gasteiger partial charge in [-0.05, 0) is 32.1 Å². The molecule has 0 spiro atoms. The van der Waals surface area contributed by atoms with Crippen molar-refractivity contribution >= 4 is 5.91 Å². The number of carbonyl (C=O) groups excluding carboxylic acids is 1. The molecule has 0 aromatic carbocycles. The second-order valence-electron chi connectivity index (χ2n) is 4.87. The highest BCUT2D eigenvalue weighted by molar-refractivity contribution is 5.75. The van der Waals surface area contributed by atoms with Gasteiger partial charge < -0.3 is 5.32 Å². The van der Waals surface area contributed by atoms with Crippen molar-refractivity contribution in [3.8, 4) is 0 Å². The fraction of sp³-hybridized carbons (Fsp3) is 0.615. The Balaban J connectivity index is 1.74. The Labute approximate surface area is 112 Å². The van der Waals surface area contributed by atoms with Gasteiger partial charge in [-0.25, -0.2) is 9.48 Å². The van der Waals surface area contributed by atoms with Gasteiger partial charge in [0.1, 0.15) is 12.9 Å². The SMILES string of the molecule is Cn1ncn(CC(=O)NCCC2=CCCCC2)c1=O. The van der Waals surface area contributed by atoms with Crippen molar-refractivity contribution in [2.24, 2.45) is 7.05 Å². The Bertz CT molecular complexity index is 527. The molecule has 1 aliphatic rings. The zero-order valence-electron chi connectivity index (χ0n) is 11.3. The summed E-state index contributed by atoms with van der Waals surface area (Å²) in [5, 5.41) is 6.64. The second kappa shape index (κ2) is 6.36. The molecule has 19 heavy (non-hydrogen) atoms. The van der Waals surface area contributed by atoms with Crippen LogP contribution in [0.1, 0.15) is 32.1 Å². The summed E-state index contributed by atoms with van der Waals surface area (Å²) in [5.41, 5.74) is 1.16. The van der Waals surface area contributed by atoms with E-state index >= 15 is 0 Å². The summed E-state index contributed by atoms with van der Waals surface area (Å²) < 4.78 is 2.51. The number of allylic oxidation sites excluding steroid dienone is 1. The summed E-state index contributed by atoms with van der Waals surface area (Å²) >= 11 is 0. The van der Waals surface area contributed by atoms with Crippen LogP contribution in [-0.4, -0.2) is 26.8 Å². The zero-order valence-corrected chi connectivity index (χ0v) is 11.3. The highest BCUT2D eigenvalue weighted by atomic mass is 16.2. The number of hydrogen-bond donors (Lipinski definition) is 1. The topological polar surface area (TPSA) is 68.9 Å². The minimum absolute atomic E-state index is 0.0335. The summed E-state index contributed by atoms with van der Waals surface area (Å²) in [4.78, 5) is 23.2. The minimum atomic E-state index is -0.273. The quantitative estimate of drug-likeness (QED) is 0.791. The van der Waals surface area contributed by atoms with Crippen molar-refractivity contribution in [1.29, 1.82) is 0 Å². The average Bonchev–Trinajstić information content (AvgIpc) is 2.72. The van der Waals surface area contributed by atoms with E-state index in [4.69, 9.17) is 0 Å². The highest BCUT2D eigenvalue weighted by Crippen LogP contribution is 2.19. The number of hydrogen-bond acceptors (Lipinski definition) is 3. The van der Waals surface area contributed by atoms with Crippen LogP contribution >= 0.6 is 0 Å². The Morgan fingerprint density at radius 1 is 1.47 bits per heavy atom. The minimum Gasteiger partial charge on any atom is -0.354 e. The van der Waals surface area contributed by atoms with E-state index in [1.165, 1.54) is 34.0 Å². The molecule has 0 atom stereocenters. The lowest BCUT2D eigenvalue weighted by Crippen LogP contribution is -2.33. The van der Waals surface area contributed by atoms with Gasteiger partial charge in [-0.2, -0.15) is 5.10 Å². The monoisotopic (exact) mass is 264 g/mol. The molecule has 0 radical (unpaired) electrons. The van der Waals surface area contributed by atoms with Crippen molar-refractivity contribution in [3.63, 3.8) is 0 Å². The van der Waals surface area contributed by atoms with Crippen molar-refractivity contribution in [2.75, 3.05) is 6.54 Å². The number of aryl methyl sites for hydroxylation is 1. The molecular weight excluding hydrogens is 244 g/mol. The van der Waals surface area contributed by atoms with Gasteiger partial charge in [-0.15, -0.1) is 0 Å². The molecule has 1 N–H and O–H groups in total. The van der Waals surface area contributed by atoms with Crippen molar-refractivity contribution < 1.29 is 4.79 Å². The van der Waals surface area contributed by atoms with Crippen LogP contribution in [0.5, 0.6) is 0 Å². The smallest absolute Gasteiger partial charge is 0.345 e. The molecule has 0 saturated heterocycles. The van der Waals surface area contributed by atoms with Crippen molar-refractivity contribution in [3.05, 3.63) is 28.5 Å². The maximum absolute atomic E-state index is 11.7. The van der Waals surface area contributed by atoms with Gasteiger partial charge in [0.15, 0.2) is 0 Å². The van der Waals surface area contributed by atoms with E-state index in [1.54, 1.807) is 7.05 Å². The van der Waals surface area contributed by atoms with E-state index in [0.29, 0.717) is 6.54 Å². The summed E-state index contributed by atoms with van der Waals surface area (Å²) in [7, 11) is 1.56. The summed E-state index contributed by atoms with van der Waals surface area (Å²) in [5.74, 6) is -0.147. The molecule has 0 aliphatic heterocycles. The van der Waals surface area contributed by atoms with Gasteiger partial charge in [0, 0.05) is 13.6 Å². The van der Waals surface area contributed by atoms with E-state index in [9.17, 15) is 9.59 Å². The second-order valence-corrected chi connectivity index (χ2v) is 4.87. The van der Waals surface area contributed by atoms with Crippen LogP contribution in [0.2, 0.25) is 0 Å². The van der Waals surface area contributed by atoms with Crippen LogP contribution in [0.3, 0.4) is 0 Å². The molecule has 6 nitrogen and oxygen atoms in total. The van der Waals surface area contributed by atoms with Crippen LogP contribution in [0, 0.1) is 0 Å². The van der Waals surface area contributed by atoms with E-state index in [-0.39, 0.29) is 18.1 Å². The third kappa shape index (κ3) is 3.81. The van der Waals surface area contributed by atoms with E-state index in [0.717, 1.165) is 19.3 Å². The molecule has 1 aliphatic carbocycles. The molecule has 0 fully saturated rings. The van der Waals surface area contributed by atoms with Crippen LogP contribution in [0.25, 0.3) is 0 Å². The fourth-order valence-corrected chi connectivity index (χ4v) is 2.24. The molecule has 6 heteroatoms. The number of aromatic nitrogens is 3. The third-order valence-electron chi connectivity index (χ3n) is 3.35. The van der Waals surface area contributed by atoms with Crippen LogP contribution in [0.15, 0.2) is 22.8 Å². The standard InChI is InChI=1S/C13H20N4O2/c1-16-13(19)17(10-15-16)9-12(18)14-8-7-11-5-3-2-4-6-11/h5,10H,2-4,6-9H2,1H3,(H,14,18). The average molecular weight is 264 g/mol. The largest absolute Gasteiger partial charge is 0.354 e. The number of nitrogens with one attached hydrogen (secondary N) is 1. The van der Waals surface area contributed by atoms with Gasteiger partial charge in [-0.3, -0.25) is 9.36 Å². The Morgan fingerprint density at radius 2 is 2.32 bits per heavy atom. The molecule has 1 amide bonds. The van der Waals surface area contributed by atoms with Crippen LogP contribution in [-0.2, 0) is 18.4 Å². The maximum atomic E-state index is 11.7. The molecule has 1 heterocycles. The Kier molecular flexibility index (Phi) is 4.54. The van der Waals surface area contributed by atoms with Crippen LogP contribution < -0.4 is 11.0 Å². The van der Waals surface area contributed by atoms with Crippen LogP contribution in [0.4, 0.5) is 0 Å². The number of nitrogens with zero attached hydrogens (tertiary/aromatic N) is 3. The molecule has 2 rings (SSSR count). The van der Waals surface area contributed by atoms with Crippen molar-refractivity contribution in [1.82, 2.24) is 19.7 Å². The van der Waals surface area contributed by atoms with Gasteiger partial charge >= 0.3 is 5.69 Å². The Hall–Kier alpha value is -1.85. The molecule has 1 aromatic rings. The lowest BCUT2D eigenvalue weighted by Gasteiger charge is -2.12. The first-order valence-corrected chi connectivity index (χ1v) is 6.70. The van der Waals surface area contributed by atoms with E-state index in [1.807, 2.05) is 0 Å². The highest BCUT2D eigenvalue weighted by Gasteiger charge is 2.08. The zero-order chi connectivity index (χ0) is 13.7. The lowest BCUT2D eigenvalue weighted by molar-refractivity contribution is -0.121. The summed E-state index contributed by atoms with van der Waals surface area (Å²) in [6.45, 7) is 0.672. The number of rotatable bonds is 5. The fourth-order valence-electron chi connectivity index (χ4n) is 2.24. The molecule has 104 valence electrons. The van der Waals surface area contributed by atoms with Crippen molar-refractivity contribution in [2.45, 2.75) is 38.6 Å². The molecule has 0 unspecified atom stereocenters. The Morgan fingerprint density at radius 3 is 2.95 bits per heavy atom. The first-order chi connectivity index (χ1) is 9.16. The molecule has 0 saturated carbocycles. The first kappa shape index (κ1) is 13.6. The molecule has 1 aromatic heterocycles. The van der Waals surface area contributed by atoms with Gasteiger partial charge in [0.2, 0.25) is 5.91 Å². The lowest BCUT2D eigenvalue weighted by atomic mass is 9.97. The van der Waals surface area contributed by atoms with Gasteiger partial charge in [0.05, 0.1) is 0 Å². The third-order valence-corrected chi connectivity index (χ3v) is 3.35. The predicted molar refractivity (Wildman–Crippen MR) is 71.6 cm³/mol. The van der Waals surface area contributed by atoms with E-state index in [2.05, 4.69) is 16.5 Å². The predicted octanol–water partition coefficient (Wildman–Crippen LogP) is 0.588. The molecule has 0 bridgehead atoms. The van der Waals surface area contributed by atoms with Gasteiger partial charge in [0.25, 0.3) is 0 Å².